The van der Waals surface area contributed by atoms with Gasteiger partial charge in [0, 0.05) is 12.7 Å². The summed E-state index contributed by atoms with van der Waals surface area (Å²) in [6, 6.07) is 8.12. The molecule has 0 aliphatic carbocycles. The summed E-state index contributed by atoms with van der Waals surface area (Å²) in [5.41, 5.74) is 8.12. The van der Waals surface area contributed by atoms with Crippen LogP contribution in [-0.2, 0) is 19.9 Å². The number of benzene rings is 1. The van der Waals surface area contributed by atoms with Gasteiger partial charge in [-0.3, -0.25) is 0 Å². The van der Waals surface area contributed by atoms with Crippen molar-refractivity contribution in [2.75, 3.05) is 12.8 Å². The standard InChI is InChI=1S/C13H17N3O/c1-16-11(9-15-13(16)14)6-3-10-4-7-12(17-2)8-5-10/h4-5,7-9H,3,6H2,1-2H3,(H2,14,15). The molecule has 0 spiro atoms. The molecule has 4 heteroatoms. The fraction of sp³-hybridized carbons (Fsp3) is 0.308. The van der Waals surface area contributed by atoms with Crippen molar-refractivity contribution in [3.05, 3.63) is 41.7 Å². The van der Waals surface area contributed by atoms with Gasteiger partial charge in [-0.05, 0) is 30.5 Å². The molecule has 0 saturated carbocycles. The van der Waals surface area contributed by atoms with Crippen LogP contribution in [0.2, 0.25) is 0 Å². The van der Waals surface area contributed by atoms with Crippen molar-refractivity contribution in [2.45, 2.75) is 12.8 Å². The van der Waals surface area contributed by atoms with Gasteiger partial charge in [-0.2, -0.15) is 0 Å². The zero-order chi connectivity index (χ0) is 12.3. The van der Waals surface area contributed by atoms with E-state index < -0.39 is 0 Å². The number of methoxy groups -OCH3 is 1. The Morgan fingerprint density at radius 3 is 2.47 bits per heavy atom. The maximum absolute atomic E-state index is 5.68. The number of nitrogen functional groups attached to an aromatic ring is 1. The summed E-state index contributed by atoms with van der Waals surface area (Å²) in [7, 11) is 3.61. The fourth-order valence-electron chi connectivity index (χ4n) is 1.76. The molecular weight excluding hydrogens is 214 g/mol. The molecule has 2 aromatic rings. The SMILES string of the molecule is COc1ccc(CCc2cnc(N)n2C)cc1. The van der Waals surface area contributed by atoms with E-state index in [-0.39, 0.29) is 0 Å². The molecule has 1 aromatic carbocycles. The average molecular weight is 231 g/mol. The Morgan fingerprint density at radius 2 is 1.94 bits per heavy atom. The lowest BCUT2D eigenvalue weighted by Crippen LogP contribution is -2.02. The molecule has 2 rings (SSSR count). The molecular formula is C13H17N3O. The third-order valence-corrected chi connectivity index (χ3v) is 2.95. The monoisotopic (exact) mass is 231 g/mol. The molecule has 0 bridgehead atoms. The van der Waals surface area contributed by atoms with E-state index in [1.54, 1.807) is 7.11 Å². The smallest absolute Gasteiger partial charge is 0.200 e. The Kier molecular flexibility index (Phi) is 3.32. The second-order valence-electron chi connectivity index (χ2n) is 4.01. The molecule has 0 aliphatic heterocycles. The Morgan fingerprint density at radius 1 is 1.24 bits per heavy atom. The number of hydrogen-bond acceptors (Lipinski definition) is 3. The Hall–Kier alpha value is -1.97. The molecule has 0 atom stereocenters. The molecule has 90 valence electrons. The lowest BCUT2D eigenvalue weighted by atomic mass is 10.1. The fourth-order valence-corrected chi connectivity index (χ4v) is 1.76. The zero-order valence-electron chi connectivity index (χ0n) is 10.2. The normalized spacial score (nSPS) is 10.5. The summed E-state index contributed by atoms with van der Waals surface area (Å²) in [5, 5.41) is 0. The number of ether oxygens (including phenoxy) is 1. The molecule has 1 heterocycles. The first-order valence-electron chi connectivity index (χ1n) is 5.59. The van der Waals surface area contributed by atoms with E-state index in [4.69, 9.17) is 10.5 Å². The summed E-state index contributed by atoms with van der Waals surface area (Å²) in [5.74, 6) is 1.45. The molecule has 0 radical (unpaired) electrons. The highest BCUT2D eigenvalue weighted by molar-refractivity contribution is 5.28. The van der Waals surface area contributed by atoms with Crippen LogP contribution in [0.25, 0.3) is 0 Å². The predicted molar refractivity (Wildman–Crippen MR) is 68.0 cm³/mol. The molecule has 1 aromatic heterocycles. The van der Waals surface area contributed by atoms with Crippen LogP contribution in [0.4, 0.5) is 5.95 Å². The highest BCUT2D eigenvalue weighted by atomic mass is 16.5. The number of nitrogens with two attached hydrogens (primary N) is 1. The first-order valence-corrected chi connectivity index (χ1v) is 5.59. The van der Waals surface area contributed by atoms with Crippen molar-refractivity contribution in [1.82, 2.24) is 9.55 Å². The topological polar surface area (TPSA) is 53.1 Å². The number of nitrogens with zero attached hydrogens (tertiary/aromatic N) is 2. The summed E-state index contributed by atoms with van der Waals surface area (Å²) < 4.78 is 7.04. The quantitative estimate of drug-likeness (QED) is 0.873. The van der Waals surface area contributed by atoms with Gasteiger partial charge in [0.25, 0.3) is 0 Å². The van der Waals surface area contributed by atoms with E-state index in [2.05, 4.69) is 17.1 Å². The first-order chi connectivity index (χ1) is 8.20. The maximum Gasteiger partial charge on any atom is 0.200 e. The van der Waals surface area contributed by atoms with Gasteiger partial charge >= 0.3 is 0 Å². The lowest BCUT2D eigenvalue weighted by molar-refractivity contribution is 0.414. The van der Waals surface area contributed by atoms with Crippen molar-refractivity contribution in [2.24, 2.45) is 7.05 Å². The Labute approximate surface area is 101 Å². The van der Waals surface area contributed by atoms with Crippen molar-refractivity contribution in [1.29, 1.82) is 0 Å². The lowest BCUT2D eigenvalue weighted by Gasteiger charge is -2.05. The van der Waals surface area contributed by atoms with Crippen LogP contribution in [-0.4, -0.2) is 16.7 Å². The van der Waals surface area contributed by atoms with E-state index in [0.29, 0.717) is 5.95 Å². The second-order valence-corrected chi connectivity index (χ2v) is 4.01. The van der Waals surface area contributed by atoms with Crippen LogP contribution in [0.3, 0.4) is 0 Å². The van der Waals surface area contributed by atoms with Crippen LogP contribution in [0.15, 0.2) is 30.5 Å². The Bertz CT molecular complexity index is 488. The third-order valence-electron chi connectivity index (χ3n) is 2.95. The van der Waals surface area contributed by atoms with E-state index in [1.165, 1.54) is 5.56 Å². The van der Waals surface area contributed by atoms with Gasteiger partial charge in [0.1, 0.15) is 5.75 Å². The molecule has 17 heavy (non-hydrogen) atoms. The summed E-state index contributed by atoms with van der Waals surface area (Å²) in [6.45, 7) is 0. The average Bonchev–Trinajstić information content (AvgIpc) is 2.68. The minimum Gasteiger partial charge on any atom is -0.497 e. The van der Waals surface area contributed by atoms with Gasteiger partial charge in [-0.25, -0.2) is 4.98 Å². The Balaban J connectivity index is 2.00. The van der Waals surface area contributed by atoms with Gasteiger partial charge in [0.15, 0.2) is 5.95 Å². The van der Waals surface area contributed by atoms with Crippen molar-refractivity contribution < 1.29 is 4.74 Å². The van der Waals surface area contributed by atoms with Gasteiger partial charge in [-0.1, -0.05) is 12.1 Å². The van der Waals surface area contributed by atoms with Gasteiger partial charge in [-0.15, -0.1) is 0 Å². The number of anilines is 1. The summed E-state index contributed by atoms with van der Waals surface area (Å²) >= 11 is 0. The zero-order valence-corrected chi connectivity index (χ0v) is 10.2. The number of hydrogen-bond donors (Lipinski definition) is 1. The van der Waals surface area contributed by atoms with E-state index in [0.717, 1.165) is 24.3 Å². The molecule has 0 fully saturated rings. The minimum absolute atomic E-state index is 0.565. The van der Waals surface area contributed by atoms with Crippen LogP contribution in [0.5, 0.6) is 5.75 Å². The van der Waals surface area contributed by atoms with Gasteiger partial charge < -0.3 is 15.0 Å². The number of aromatic nitrogens is 2. The van der Waals surface area contributed by atoms with Crippen LogP contribution >= 0.6 is 0 Å². The summed E-state index contributed by atoms with van der Waals surface area (Å²) in [6.07, 6.45) is 3.74. The maximum atomic E-state index is 5.68. The van der Waals surface area contributed by atoms with Crippen LogP contribution in [0.1, 0.15) is 11.3 Å². The van der Waals surface area contributed by atoms with E-state index >= 15 is 0 Å². The largest absolute Gasteiger partial charge is 0.497 e. The second kappa shape index (κ2) is 4.91. The molecule has 2 N–H and O–H groups in total. The van der Waals surface area contributed by atoms with Crippen molar-refractivity contribution in [3.8, 4) is 5.75 Å². The van der Waals surface area contributed by atoms with Gasteiger partial charge in [0.05, 0.1) is 13.3 Å². The molecule has 4 nitrogen and oxygen atoms in total. The summed E-state index contributed by atoms with van der Waals surface area (Å²) in [4.78, 5) is 4.08. The van der Waals surface area contributed by atoms with Crippen LogP contribution < -0.4 is 10.5 Å². The molecule has 0 aliphatic rings. The highest BCUT2D eigenvalue weighted by Crippen LogP contribution is 2.14. The van der Waals surface area contributed by atoms with Crippen molar-refractivity contribution >= 4 is 5.95 Å². The molecule has 0 saturated heterocycles. The van der Waals surface area contributed by atoms with Gasteiger partial charge in [0.2, 0.25) is 0 Å². The molecule has 0 unspecified atom stereocenters. The van der Waals surface area contributed by atoms with E-state index in [9.17, 15) is 0 Å². The van der Waals surface area contributed by atoms with E-state index in [1.807, 2.05) is 29.9 Å². The first kappa shape index (κ1) is 11.5. The highest BCUT2D eigenvalue weighted by Gasteiger charge is 2.03. The number of aryl methyl sites for hydroxylation is 2. The van der Waals surface area contributed by atoms with Crippen LogP contribution in [0, 0.1) is 0 Å². The third kappa shape index (κ3) is 2.58. The minimum atomic E-state index is 0.565. The number of imidazole rings is 1. The van der Waals surface area contributed by atoms with Crippen molar-refractivity contribution in [3.63, 3.8) is 0 Å². The molecule has 0 amide bonds. The predicted octanol–water partition coefficient (Wildman–Crippen LogP) is 1.80. The number of rotatable bonds is 4.